The Balaban J connectivity index is 1.13. The fraction of sp³-hybridized carbons (Fsp3) is 0.500. The van der Waals surface area contributed by atoms with E-state index in [4.69, 9.17) is 4.98 Å². The first-order chi connectivity index (χ1) is 18.3. The third kappa shape index (κ3) is 4.34. The van der Waals surface area contributed by atoms with E-state index < -0.39 is 17.7 Å². The fourth-order valence-corrected chi connectivity index (χ4v) is 6.85. The molecule has 4 fully saturated rings. The maximum absolute atomic E-state index is 14.7. The number of piperazine rings is 1. The van der Waals surface area contributed by atoms with Gasteiger partial charge in [0.1, 0.15) is 17.3 Å². The average molecular weight is 523 g/mol. The minimum Gasteiger partial charge on any atom is -0.365 e. The largest absolute Gasteiger partial charge is 0.365 e. The summed E-state index contributed by atoms with van der Waals surface area (Å²) >= 11 is 0. The molecule has 1 amide bonds. The molecule has 38 heavy (non-hydrogen) atoms. The lowest BCUT2D eigenvalue weighted by molar-refractivity contribution is -0.0219. The van der Waals surface area contributed by atoms with Crippen molar-refractivity contribution in [1.29, 1.82) is 0 Å². The highest BCUT2D eigenvalue weighted by Gasteiger charge is 2.49. The lowest BCUT2D eigenvalue weighted by atomic mass is 9.53. The predicted molar refractivity (Wildman–Crippen MR) is 140 cm³/mol. The highest BCUT2D eigenvalue weighted by Crippen LogP contribution is 2.56. The van der Waals surface area contributed by atoms with Crippen LogP contribution in [0.5, 0.6) is 0 Å². The highest BCUT2D eigenvalue weighted by molar-refractivity contribution is 5.92. The molecule has 0 radical (unpaired) electrons. The Labute approximate surface area is 219 Å². The average Bonchev–Trinajstić information content (AvgIpc) is 2.91. The van der Waals surface area contributed by atoms with Gasteiger partial charge in [-0.25, -0.2) is 14.4 Å². The van der Waals surface area contributed by atoms with Crippen molar-refractivity contribution in [2.24, 2.45) is 17.8 Å². The topological polar surface area (TPSA) is 94.2 Å². The zero-order valence-corrected chi connectivity index (χ0v) is 21.6. The Hall–Kier alpha value is -3.40. The molecule has 2 aromatic heterocycles. The molecule has 3 aromatic rings. The standard InChI is InChI=1S/C28H32F2N6O2/c1-15(35-7-9-36(10-8-35)24-6-5-23(28(38)31-2)32-25(24)30)19-14-20(17-11-16(19)12-17)26-33-22-4-3-18(29)13-21(22)27(37)34-26/h3-6,13,15-17,19-20H,7-12,14H2,1-2H3,(H,31,38)(H,33,34,37)/t15-,16?,17?,19?,20-/m1/s1. The molecule has 3 saturated carbocycles. The molecule has 2 N–H and O–H groups in total. The van der Waals surface area contributed by atoms with Gasteiger partial charge in [-0.1, -0.05) is 0 Å². The van der Waals surface area contributed by atoms with Gasteiger partial charge in [-0.05, 0) is 74.3 Å². The molecule has 200 valence electrons. The van der Waals surface area contributed by atoms with Gasteiger partial charge in [0.05, 0.1) is 16.6 Å². The molecule has 4 aliphatic rings. The number of aromatic nitrogens is 3. The van der Waals surface area contributed by atoms with Crippen molar-refractivity contribution in [3.05, 3.63) is 64.0 Å². The normalized spacial score (nSPS) is 26.2. The summed E-state index contributed by atoms with van der Waals surface area (Å²) in [4.78, 5) is 40.5. The van der Waals surface area contributed by atoms with Gasteiger partial charge in [0.25, 0.3) is 11.5 Å². The van der Waals surface area contributed by atoms with Crippen LogP contribution in [0.15, 0.2) is 35.1 Å². The molecular weight excluding hydrogens is 490 g/mol. The Morgan fingerprint density at radius 2 is 1.82 bits per heavy atom. The number of carbonyl (C=O) groups is 1. The van der Waals surface area contributed by atoms with E-state index in [1.54, 1.807) is 18.2 Å². The highest BCUT2D eigenvalue weighted by atomic mass is 19.1. The minimum absolute atomic E-state index is 0.0704. The molecule has 2 bridgehead atoms. The number of benzene rings is 1. The van der Waals surface area contributed by atoms with Crippen LogP contribution in [0.1, 0.15) is 48.4 Å². The fourth-order valence-electron chi connectivity index (χ4n) is 6.85. The van der Waals surface area contributed by atoms with Crippen LogP contribution in [-0.4, -0.2) is 65.0 Å². The lowest BCUT2D eigenvalue weighted by Gasteiger charge is -2.55. The van der Waals surface area contributed by atoms with Crippen LogP contribution in [0.2, 0.25) is 0 Å². The second-order valence-corrected chi connectivity index (χ2v) is 11.0. The van der Waals surface area contributed by atoms with E-state index in [0.29, 0.717) is 48.1 Å². The number of aromatic amines is 1. The number of fused-ring (bicyclic) bond motifs is 3. The molecule has 1 aliphatic heterocycles. The van der Waals surface area contributed by atoms with E-state index in [1.165, 1.54) is 19.2 Å². The maximum Gasteiger partial charge on any atom is 0.269 e. The van der Waals surface area contributed by atoms with E-state index >= 15 is 0 Å². The SMILES string of the molecule is CNC(=O)c1ccc(N2CCN([C@H](C)C3C[C@@H](c4nc5ccc(F)cc5c(=O)[nH]4)C4CC3C4)CC2)c(F)n1. The van der Waals surface area contributed by atoms with Gasteiger partial charge in [0.15, 0.2) is 0 Å². The van der Waals surface area contributed by atoms with Crippen molar-refractivity contribution in [3.8, 4) is 0 Å². The number of hydrogen-bond acceptors (Lipinski definition) is 6. The number of nitrogens with one attached hydrogen (secondary N) is 2. The van der Waals surface area contributed by atoms with Gasteiger partial charge in [-0.3, -0.25) is 14.5 Å². The lowest BCUT2D eigenvalue weighted by Crippen LogP contribution is -2.55. The van der Waals surface area contributed by atoms with Crippen LogP contribution < -0.4 is 15.8 Å². The number of rotatable bonds is 5. The minimum atomic E-state index is -0.622. The predicted octanol–water partition coefficient (Wildman–Crippen LogP) is 3.30. The van der Waals surface area contributed by atoms with Gasteiger partial charge in [0, 0.05) is 45.2 Å². The van der Waals surface area contributed by atoms with Crippen molar-refractivity contribution >= 4 is 22.5 Å². The van der Waals surface area contributed by atoms with Crippen LogP contribution in [0.4, 0.5) is 14.5 Å². The molecule has 1 aromatic carbocycles. The summed E-state index contributed by atoms with van der Waals surface area (Å²) < 4.78 is 28.3. The van der Waals surface area contributed by atoms with Crippen LogP contribution in [-0.2, 0) is 0 Å². The van der Waals surface area contributed by atoms with Crippen molar-refractivity contribution in [3.63, 3.8) is 0 Å². The molecule has 1 unspecified atom stereocenters. The summed E-state index contributed by atoms with van der Waals surface area (Å²) in [6.07, 6.45) is 3.24. The van der Waals surface area contributed by atoms with E-state index in [9.17, 15) is 18.4 Å². The van der Waals surface area contributed by atoms with Crippen molar-refractivity contribution in [2.45, 2.75) is 38.1 Å². The Morgan fingerprint density at radius 1 is 1.05 bits per heavy atom. The van der Waals surface area contributed by atoms with Gasteiger partial charge >= 0.3 is 0 Å². The molecule has 1 saturated heterocycles. The first-order valence-corrected chi connectivity index (χ1v) is 13.4. The number of H-pyrrole nitrogens is 1. The van der Waals surface area contributed by atoms with Crippen LogP contribution in [0.3, 0.4) is 0 Å². The number of halogens is 2. The molecule has 0 spiro atoms. The van der Waals surface area contributed by atoms with Crippen molar-refractivity contribution in [1.82, 2.24) is 25.2 Å². The van der Waals surface area contributed by atoms with Gasteiger partial charge in [0.2, 0.25) is 5.95 Å². The smallest absolute Gasteiger partial charge is 0.269 e. The second kappa shape index (κ2) is 9.72. The quantitative estimate of drug-likeness (QED) is 0.500. The van der Waals surface area contributed by atoms with E-state index in [-0.39, 0.29) is 22.6 Å². The molecule has 10 heteroatoms. The number of amides is 1. The number of anilines is 1. The Kier molecular flexibility index (Phi) is 6.37. The van der Waals surface area contributed by atoms with Crippen LogP contribution in [0.25, 0.3) is 10.9 Å². The zero-order valence-electron chi connectivity index (χ0n) is 21.6. The third-order valence-corrected chi connectivity index (χ3v) is 9.09. The third-order valence-electron chi connectivity index (χ3n) is 9.09. The summed E-state index contributed by atoms with van der Waals surface area (Å²) in [5, 5.41) is 2.75. The molecule has 8 nitrogen and oxygen atoms in total. The van der Waals surface area contributed by atoms with Gasteiger partial charge < -0.3 is 15.2 Å². The number of carbonyl (C=O) groups excluding carboxylic acids is 1. The van der Waals surface area contributed by atoms with E-state index in [1.807, 2.05) is 4.90 Å². The number of pyridine rings is 1. The molecule has 3 atom stereocenters. The summed E-state index contributed by atoms with van der Waals surface area (Å²) in [7, 11) is 1.49. The van der Waals surface area contributed by atoms with Crippen LogP contribution >= 0.6 is 0 Å². The van der Waals surface area contributed by atoms with Crippen molar-refractivity contribution < 1.29 is 13.6 Å². The first-order valence-electron chi connectivity index (χ1n) is 13.4. The summed E-state index contributed by atoms with van der Waals surface area (Å²) in [5.41, 5.74) is 0.756. The van der Waals surface area contributed by atoms with Crippen LogP contribution in [0, 0.1) is 29.5 Å². The van der Waals surface area contributed by atoms with E-state index in [2.05, 4.69) is 27.1 Å². The maximum atomic E-state index is 14.7. The van der Waals surface area contributed by atoms with E-state index in [0.717, 1.165) is 38.2 Å². The summed E-state index contributed by atoms with van der Waals surface area (Å²) in [6, 6.07) is 7.72. The Bertz CT molecular complexity index is 1430. The zero-order chi connectivity index (χ0) is 26.6. The van der Waals surface area contributed by atoms with Gasteiger partial charge in [-0.15, -0.1) is 0 Å². The summed E-state index contributed by atoms with van der Waals surface area (Å²) in [6.45, 7) is 5.27. The monoisotopic (exact) mass is 522 g/mol. The molecule has 7 rings (SSSR count). The molecule has 3 heterocycles. The second-order valence-electron chi connectivity index (χ2n) is 11.0. The van der Waals surface area contributed by atoms with Gasteiger partial charge in [-0.2, -0.15) is 4.39 Å². The number of nitrogens with zero attached hydrogens (tertiary/aromatic N) is 4. The molecular formula is C28H32F2N6O2. The van der Waals surface area contributed by atoms with Crippen molar-refractivity contribution in [2.75, 3.05) is 38.1 Å². The Morgan fingerprint density at radius 3 is 2.53 bits per heavy atom. The first kappa shape index (κ1) is 24.9. The summed E-state index contributed by atoms with van der Waals surface area (Å²) in [5.74, 6) is 1.12. The number of hydrogen-bond donors (Lipinski definition) is 2. The molecule has 3 aliphatic carbocycles.